The Hall–Kier alpha value is -3.85. The zero-order valence-corrected chi connectivity index (χ0v) is 17.3. The van der Waals surface area contributed by atoms with Crippen molar-refractivity contribution in [3.05, 3.63) is 81.5 Å². The molecule has 0 aliphatic heterocycles. The average molecular weight is 418 g/mol. The molecule has 0 bridgehead atoms. The van der Waals surface area contributed by atoms with E-state index in [9.17, 15) is 9.59 Å². The van der Waals surface area contributed by atoms with Crippen molar-refractivity contribution < 1.29 is 9.53 Å². The van der Waals surface area contributed by atoms with Gasteiger partial charge in [-0.2, -0.15) is 0 Å². The van der Waals surface area contributed by atoms with E-state index in [2.05, 4.69) is 15.3 Å². The summed E-state index contributed by atoms with van der Waals surface area (Å²) in [7, 11) is 1.54. The van der Waals surface area contributed by atoms with E-state index >= 15 is 0 Å². The highest BCUT2D eigenvalue weighted by Gasteiger charge is 2.17. The van der Waals surface area contributed by atoms with Crippen LogP contribution in [0.3, 0.4) is 0 Å². The third-order valence-electron chi connectivity index (χ3n) is 4.95. The largest absolute Gasteiger partial charge is 0.383 e. The van der Waals surface area contributed by atoms with Crippen LogP contribution in [0.15, 0.2) is 53.7 Å². The quantitative estimate of drug-likeness (QED) is 0.361. The number of amides is 1. The maximum atomic E-state index is 13.3. The minimum absolute atomic E-state index is 0.0327. The zero-order valence-electron chi connectivity index (χ0n) is 17.3. The van der Waals surface area contributed by atoms with Gasteiger partial charge in [-0.3, -0.25) is 24.4 Å². The molecule has 0 saturated heterocycles. The number of hydrogen-bond donors (Lipinski definition) is 2. The van der Waals surface area contributed by atoms with Gasteiger partial charge in [0.1, 0.15) is 16.8 Å². The number of nitrogens with zero attached hydrogens (tertiary/aromatic N) is 4. The molecule has 0 unspecified atom stereocenters. The van der Waals surface area contributed by atoms with Crippen molar-refractivity contribution in [1.29, 1.82) is 5.41 Å². The van der Waals surface area contributed by atoms with Gasteiger partial charge in [-0.05, 0) is 36.2 Å². The lowest BCUT2D eigenvalue weighted by molar-refractivity contribution is 0.0934. The van der Waals surface area contributed by atoms with E-state index in [-0.39, 0.29) is 28.5 Å². The number of carbonyl (C=O) groups is 1. The van der Waals surface area contributed by atoms with Gasteiger partial charge in [-0.15, -0.1) is 0 Å². The number of fused-ring (bicyclic) bond motifs is 2. The molecule has 0 spiro atoms. The Morgan fingerprint density at radius 3 is 2.87 bits per heavy atom. The molecule has 2 N–H and O–H groups in total. The molecule has 4 aromatic heterocycles. The molecule has 0 radical (unpaired) electrons. The maximum Gasteiger partial charge on any atom is 0.267 e. The molecule has 0 saturated carbocycles. The lowest BCUT2D eigenvalue weighted by Gasteiger charge is -2.15. The predicted octanol–water partition coefficient (Wildman–Crippen LogP) is 1.26. The number of carbonyl (C=O) groups excluding carboxylic acids is 1. The van der Waals surface area contributed by atoms with Crippen LogP contribution in [0.2, 0.25) is 0 Å². The summed E-state index contributed by atoms with van der Waals surface area (Å²) < 4.78 is 8.00. The normalized spacial score (nSPS) is 11.2. The minimum Gasteiger partial charge on any atom is -0.383 e. The molecular weight excluding hydrogens is 396 g/mol. The van der Waals surface area contributed by atoms with Crippen molar-refractivity contribution in [2.45, 2.75) is 13.5 Å². The van der Waals surface area contributed by atoms with Crippen LogP contribution in [-0.2, 0) is 11.3 Å². The van der Waals surface area contributed by atoms with E-state index in [1.807, 2.05) is 19.1 Å². The Kier molecular flexibility index (Phi) is 5.59. The van der Waals surface area contributed by atoms with Crippen LogP contribution in [0.5, 0.6) is 0 Å². The summed E-state index contributed by atoms with van der Waals surface area (Å²) in [6.07, 6.45) is 5.05. The van der Waals surface area contributed by atoms with Gasteiger partial charge >= 0.3 is 0 Å². The number of hydrogen-bond acceptors (Lipinski definition) is 6. The van der Waals surface area contributed by atoms with E-state index in [1.54, 1.807) is 42.4 Å². The van der Waals surface area contributed by atoms with Crippen molar-refractivity contribution in [1.82, 2.24) is 24.3 Å². The summed E-state index contributed by atoms with van der Waals surface area (Å²) in [5.74, 6) is -0.447. The predicted molar refractivity (Wildman–Crippen MR) is 115 cm³/mol. The molecule has 31 heavy (non-hydrogen) atoms. The van der Waals surface area contributed by atoms with Crippen molar-refractivity contribution in [2.24, 2.45) is 0 Å². The fraction of sp³-hybridized carbons (Fsp3) is 0.227. The molecule has 0 aliphatic rings. The van der Waals surface area contributed by atoms with Gasteiger partial charge in [0, 0.05) is 32.2 Å². The van der Waals surface area contributed by atoms with Gasteiger partial charge in [0.15, 0.2) is 0 Å². The van der Waals surface area contributed by atoms with E-state index in [4.69, 9.17) is 10.1 Å². The lowest BCUT2D eigenvalue weighted by Crippen LogP contribution is -2.36. The molecule has 4 rings (SSSR count). The van der Waals surface area contributed by atoms with Crippen LogP contribution in [0.25, 0.3) is 16.7 Å². The number of rotatable bonds is 6. The summed E-state index contributed by atoms with van der Waals surface area (Å²) >= 11 is 0. The van der Waals surface area contributed by atoms with Crippen molar-refractivity contribution in [2.75, 3.05) is 20.3 Å². The topological polar surface area (TPSA) is 114 Å². The Bertz CT molecular complexity index is 1390. The van der Waals surface area contributed by atoms with E-state index in [0.717, 1.165) is 11.1 Å². The number of aryl methyl sites for hydroxylation is 1. The van der Waals surface area contributed by atoms with Crippen LogP contribution in [-0.4, -0.2) is 45.1 Å². The summed E-state index contributed by atoms with van der Waals surface area (Å²) in [6.45, 7) is 2.77. The SMILES string of the molecule is COCCNC(=O)c1cc2c(=O)n3cc(C)ccc3nc2n(Cc2cccnc2)c1=N. The number of aromatic nitrogens is 4. The number of pyridine rings is 3. The molecule has 0 fully saturated rings. The van der Waals surface area contributed by atoms with Crippen molar-refractivity contribution in [3.63, 3.8) is 0 Å². The van der Waals surface area contributed by atoms with Crippen LogP contribution < -0.4 is 16.4 Å². The Morgan fingerprint density at radius 2 is 2.13 bits per heavy atom. The highest BCUT2D eigenvalue weighted by atomic mass is 16.5. The van der Waals surface area contributed by atoms with Gasteiger partial charge in [-0.1, -0.05) is 12.1 Å². The summed E-state index contributed by atoms with van der Waals surface area (Å²) in [5.41, 5.74) is 2.32. The second-order valence-electron chi connectivity index (χ2n) is 7.19. The third-order valence-corrected chi connectivity index (χ3v) is 4.95. The molecule has 4 aromatic rings. The fourth-order valence-corrected chi connectivity index (χ4v) is 3.41. The van der Waals surface area contributed by atoms with Crippen LogP contribution in [0.1, 0.15) is 21.5 Å². The zero-order chi connectivity index (χ0) is 22.0. The fourth-order valence-electron chi connectivity index (χ4n) is 3.41. The molecule has 1 amide bonds. The van der Waals surface area contributed by atoms with Gasteiger partial charge in [0.25, 0.3) is 11.5 Å². The Morgan fingerprint density at radius 1 is 1.29 bits per heavy atom. The summed E-state index contributed by atoms with van der Waals surface area (Å²) in [4.78, 5) is 34.8. The van der Waals surface area contributed by atoms with E-state index in [0.29, 0.717) is 24.4 Å². The van der Waals surface area contributed by atoms with Gasteiger partial charge in [0.2, 0.25) is 0 Å². The molecule has 0 aliphatic carbocycles. The number of nitrogens with one attached hydrogen (secondary N) is 2. The van der Waals surface area contributed by atoms with Crippen molar-refractivity contribution >= 4 is 22.6 Å². The molecule has 0 aromatic carbocycles. The van der Waals surface area contributed by atoms with Gasteiger partial charge in [0.05, 0.1) is 24.1 Å². The maximum absolute atomic E-state index is 13.3. The molecule has 0 atom stereocenters. The summed E-state index contributed by atoms with van der Waals surface area (Å²) in [5, 5.41) is 11.7. The van der Waals surface area contributed by atoms with Crippen molar-refractivity contribution in [3.8, 4) is 0 Å². The average Bonchev–Trinajstić information content (AvgIpc) is 2.77. The van der Waals surface area contributed by atoms with E-state index in [1.165, 1.54) is 10.5 Å². The first-order chi connectivity index (χ1) is 15.0. The highest BCUT2D eigenvalue weighted by Crippen LogP contribution is 2.13. The second kappa shape index (κ2) is 8.49. The first kappa shape index (κ1) is 20.4. The molecule has 9 heteroatoms. The molecule has 9 nitrogen and oxygen atoms in total. The minimum atomic E-state index is -0.447. The first-order valence-corrected chi connectivity index (χ1v) is 9.77. The van der Waals surface area contributed by atoms with E-state index < -0.39 is 5.91 Å². The summed E-state index contributed by atoms with van der Waals surface area (Å²) in [6, 6.07) is 8.75. The number of methoxy groups -OCH3 is 1. The Labute approximate surface area is 177 Å². The van der Waals surface area contributed by atoms with Crippen LogP contribution in [0.4, 0.5) is 0 Å². The van der Waals surface area contributed by atoms with Gasteiger partial charge < -0.3 is 14.6 Å². The monoisotopic (exact) mass is 418 g/mol. The smallest absolute Gasteiger partial charge is 0.267 e. The first-order valence-electron chi connectivity index (χ1n) is 9.77. The standard InChI is InChI=1S/C22H22N6O3/c1-14-5-6-18-26-20-17(22(30)27(18)12-14)10-16(21(29)25-8-9-31-2)19(23)28(20)13-15-4-3-7-24-11-15/h3-7,10-12,23H,8-9,13H2,1-2H3,(H,25,29). The molecule has 158 valence electrons. The third kappa shape index (κ3) is 3.95. The van der Waals surface area contributed by atoms with Crippen LogP contribution in [0, 0.1) is 12.3 Å². The Balaban J connectivity index is 1.98. The molecule has 4 heterocycles. The second-order valence-corrected chi connectivity index (χ2v) is 7.19. The molecular formula is C22H22N6O3. The highest BCUT2D eigenvalue weighted by molar-refractivity contribution is 5.96. The van der Waals surface area contributed by atoms with Crippen LogP contribution >= 0.6 is 0 Å². The van der Waals surface area contributed by atoms with Gasteiger partial charge in [-0.25, -0.2) is 4.98 Å². The number of ether oxygens (including phenoxy) is 1. The lowest BCUT2D eigenvalue weighted by atomic mass is 10.1.